The topological polar surface area (TPSA) is 98.7 Å². The van der Waals surface area contributed by atoms with E-state index in [1.807, 2.05) is 42.5 Å². The van der Waals surface area contributed by atoms with Gasteiger partial charge in [-0.3, -0.25) is 14.9 Å². The van der Waals surface area contributed by atoms with E-state index < -0.39 is 23.6 Å². The smallest absolute Gasteiger partial charge is 0.322 e. The molecule has 2 atom stereocenters. The van der Waals surface area contributed by atoms with Crippen LogP contribution in [0.5, 0.6) is 0 Å². The molecule has 0 radical (unpaired) electrons. The summed E-state index contributed by atoms with van der Waals surface area (Å²) >= 11 is 0. The molecular weight excluding hydrogens is 418 g/mol. The first-order valence-electron chi connectivity index (χ1n) is 11.1. The zero-order valence-corrected chi connectivity index (χ0v) is 18.5. The minimum atomic E-state index is -1.61. The van der Waals surface area contributed by atoms with Crippen molar-refractivity contribution >= 4 is 17.8 Å². The lowest BCUT2D eigenvalue weighted by atomic mass is 9.86. The van der Waals surface area contributed by atoms with E-state index in [4.69, 9.17) is 0 Å². The van der Waals surface area contributed by atoms with Crippen LogP contribution >= 0.6 is 0 Å². The number of nitrogens with one attached hydrogen (secondary N) is 2. The van der Waals surface area contributed by atoms with Crippen LogP contribution in [-0.2, 0) is 9.59 Å². The van der Waals surface area contributed by atoms with Crippen molar-refractivity contribution < 1.29 is 19.5 Å². The number of aliphatic hydroxyl groups excluding tert-OH is 1. The zero-order chi connectivity index (χ0) is 23.4. The predicted molar refractivity (Wildman–Crippen MR) is 123 cm³/mol. The van der Waals surface area contributed by atoms with Crippen LogP contribution in [0.1, 0.15) is 48.8 Å². The molecule has 2 aromatic rings. The number of likely N-dealkylation sites (tertiary alicyclic amines) is 1. The Morgan fingerprint density at radius 2 is 1.67 bits per heavy atom. The number of hydrogen-bond acceptors (Lipinski definition) is 4. The van der Waals surface area contributed by atoms with E-state index in [0.717, 1.165) is 24.0 Å². The molecule has 0 saturated carbocycles. The van der Waals surface area contributed by atoms with Crippen LogP contribution in [0.2, 0.25) is 0 Å². The van der Waals surface area contributed by atoms with E-state index in [2.05, 4.69) is 34.6 Å². The highest BCUT2D eigenvalue weighted by Gasteiger charge is 2.52. The number of benzene rings is 2. The van der Waals surface area contributed by atoms with Gasteiger partial charge in [-0.2, -0.15) is 0 Å². The summed E-state index contributed by atoms with van der Waals surface area (Å²) in [6.07, 6.45) is 0.165. The quantitative estimate of drug-likeness (QED) is 0.496. The summed E-state index contributed by atoms with van der Waals surface area (Å²) in [6.45, 7) is 2.52. The van der Waals surface area contributed by atoms with Crippen LogP contribution in [0.3, 0.4) is 0 Å². The third-order valence-corrected chi connectivity index (χ3v) is 6.47. The van der Waals surface area contributed by atoms with Crippen molar-refractivity contribution in [1.29, 1.82) is 0 Å². The molecular formula is C26H27N3O4. The number of nitrogens with zero attached hydrogens (tertiary/aromatic N) is 1. The van der Waals surface area contributed by atoms with Gasteiger partial charge in [-0.1, -0.05) is 42.2 Å². The lowest BCUT2D eigenvalue weighted by Gasteiger charge is -2.35. The number of rotatable bonds is 4. The van der Waals surface area contributed by atoms with Gasteiger partial charge in [-0.05, 0) is 55.5 Å². The van der Waals surface area contributed by atoms with Crippen LogP contribution in [0.4, 0.5) is 4.79 Å². The Labute approximate surface area is 193 Å². The predicted octanol–water partition coefficient (Wildman–Crippen LogP) is 2.14. The van der Waals surface area contributed by atoms with E-state index in [1.165, 1.54) is 12.5 Å². The van der Waals surface area contributed by atoms with Gasteiger partial charge in [-0.25, -0.2) is 4.79 Å². The monoisotopic (exact) mass is 445 g/mol. The number of imide groups is 1. The van der Waals surface area contributed by atoms with Gasteiger partial charge in [0.1, 0.15) is 0 Å². The molecule has 4 rings (SSSR count). The normalized spacial score (nSPS) is 21.6. The standard InChI is InChI=1S/C26H27N3O4/c1-18(30)26(24(32)27-25(33)28-26)17-23(31)29-15-13-22(14-16-29)21-11-9-20(10-12-21)8-7-19-5-3-2-4-6-19/h2-6,9-12,18,22,30H,13-17H2,1H3,(H2,27,28,32,33). The summed E-state index contributed by atoms with van der Waals surface area (Å²) in [5.41, 5.74) is 1.54. The van der Waals surface area contributed by atoms with E-state index in [0.29, 0.717) is 19.0 Å². The number of amides is 4. The Balaban J connectivity index is 1.34. The summed E-state index contributed by atoms with van der Waals surface area (Å²) in [5.74, 6) is 5.76. The van der Waals surface area contributed by atoms with Crippen molar-refractivity contribution in [3.8, 4) is 11.8 Å². The minimum absolute atomic E-state index is 0.252. The zero-order valence-electron chi connectivity index (χ0n) is 18.5. The minimum Gasteiger partial charge on any atom is -0.390 e. The van der Waals surface area contributed by atoms with Crippen molar-refractivity contribution in [3.05, 3.63) is 71.3 Å². The average molecular weight is 446 g/mol. The highest BCUT2D eigenvalue weighted by molar-refractivity contribution is 6.09. The number of hydrogen-bond donors (Lipinski definition) is 3. The number of carbonyl (C=O) groups excluding carboxylic acids is 3. The van der Waals surface area contributed by atoms with Gasteiger partial charge in [0.25, 0.3) is 5.91 Å². The molecule has 2 aliphatic heterocycles. The van der Waals surface area contributed by atoms with Crippen LogP contribution in [-0.4, -0.2) is 52.6 Å². The molecule has 2 aromatic carbocycles. The second kappa shape index (κ2) is 9.47. The summed E-state index contributed by atoms with van der Waals surface area (Å²) in [4.78, 5) is 38.4. The molecule has 0 aliphatic carbocycles. The summed E-state index contributed by atoms with van der Waals surface area (Å²) in [7, 11) is 0. The Morgan fingerprint density at radius 1 is 1.06 bits per heavy atom. The Kier molecular flexibility index (Phi) is 6.47. The van der Waals surface area contributed by atoms with Crippen LogP contribution < -0.4 is 10.6 Å². The van der Waals surface area contributed by atoms with Crippen molar-refractivity contribution in [3.63, 3.8) is 0 Å². The molecule has 0 spiro atoms. The highest BCUT2D eigenvalue weighted by Crippen LogP contribution is 2.30. The maximum atomic E-state index is 12.9. The van der Waals surface area contributed by atoms with E-state index >= 15 is 0 Å². The molecule has 170 valence electrons. The molecule has 2 heterocycles. The molecule has 4 amide bonds. The summed E-state index contributed by atoms with van der Waals surface area (Å²) in [5, 5.41) is 14.7. The van der Waals surface area contributed by atoms with E-state index in [-0.39, 0.29) is 12.3 Å². The van der Waals surface area contributed by atoms with Gasteiger partial charge in [-0.15, -0.1) is 0 Å². The lowest BCUT2D eigenvalue weighted by Crippen LogP contribution is -2.58. The molecule has 0 bridgehead atoms. The fourth-order valence-corrected chi connectivity index (χ4v) is 4.39. The number of carbonyl (C=O) groups is 3. The Bertz CT molecular complexity index is 1090. The van der Waals surface area contributed by atoms with E-state index in [1.54, 1.807) is 4.90 Å². The average Bonchev–Trinajstić information content (AvgIpc) is 3.12. The third kappa shape index (κ3) is 4.91. The first-order chi connectivity index (χ1) is 15.9. The highest BCUT2D eigenvalue weighted by atomic mass is 16.3. The van der Waals surface area contributed by atoms with Gasteiger partial charge in [0, 0.05) is 24.2 Å². The lowest BCUT2D eigenvalue weighted by molar-refractivity contribution is -0.140. The van der Waals surface area contributed by atoms with Crippen molar-refractivity contribution in [2.75, 3.05) is 13.1 Å². The summed E-state index contributed by atoms with van der Waals surface area (Å²) < 4.78 is 0. The van der Waals surface area contributed by atoms with Crippen molar-refractivity contribution in [2.45, 2.75) is 43.7 Å². The fourth-order valence-electron chi connectivity index (χ4n) is 4.39. The molecule has 7 nitrogen and oxygen atoms in total. The molecule has 2 aliphatic rings. The largest absolute Gasteiger partial charge is 0.390 e. The molecule has 2 fully saturated rings. The SMILES string of the molecule is CC(O)C1(CC(=O)N2CCC(c3ccc(C#Cc4ccccc4)cc3)CC2)NC(=O)NC1=O. The molecule has 7 heteroatoms. The van der Waals surface area contributed by atoms with Gasteiger partial charge in [0.2, 0.25) is 5.91 Å². The first-order valence-corrected chi connectivity index (χ1v) is 11.1. The maximum absolute atomic E-state index is 12.9. The Hall–Kier alpha value is -3.63. The van der Waals surface area contributed by atoms with Crippen LogP contribution in [0.15, 0.2) is 54.6 Å². The fraction of sp³-hybridized carbons (Fsp3) is 0.346. The van der Waals surface area contributed by atoms with Crippen LogP contribution in [0.25, 0.3) is 0 Å². The van der Waals surface area contributed by atoms with Gasteiger partial charge in [0.15, 0.2) is 5.54 Å². The van der Waals surface area contributed by atoms with Crippen molar-refractivity contribution in [1.82, 2.24) is 15.5 Å². The second-order valence-corrected chi connectivity index (χ2v) is 8.63. The van der Waals surface area contributed by atoms with Gasteiger partial charge < -0.3 is 15.3 Å². The summed E-state index contributed by atoms with van der Waals surface area (Å²) in [6, 6.07) is 17.4. The number of aliphatic hydroxyl groups is 1. The number of piperidine rings is 1. The molecule has 2 unspecified atom stereocenters. The maximum Gasteiger partial charge on any atom is 0.322 e. The number of urea groups is 1. The van der Waals surface area contributed by atoms with Crippen molar-refractivity contribution in [2.24, 2.45) is 0 Å². The second-order valence-electron chi connectivity index (χ2n) is 8.63. The molecule has 33 heavy (non-hydrogen) atoms. The van der Waals surface area contributed by atoms with Gasteiger partial charge >= 0.3 is 6.03 Å². The molecule has 0 aromatic heterocycles. The molecule has 2 saturated heterocycles. The Morgan fingerprint density at radius 3 is 2.21 bits per heavy atom. The van der Waals surface area contributed by atoms with Crippen LogP contribution in [0, 0.1) is 11.8 Å². The van der Waals surface area contributed by atoms with Gasteiger partial charge in [0.05, 0.1) is 12.5 Å². The molecule has 3 N–H and O–H groups in total. The first kappa shape index (κ1) is 22.6. The van der Waals surface area contributed by atoms with E-state index in [9.17, 15) is 19.5 Å². The third-order valence-electron chi connectivity index (χ3n) is 6.47.